The van der Waals surface area contributed by atoms with E-state index in [9.17, 15) is 4.79 Å². The average molecular weight is 243 g/mol. The van der Waals surface area contributed by atoms with Crippen LogP contribution in [0.1, 0.15) is 28.5 Å². The normalized spacial score (nSPS) is 10.3. The summed E-state index contributed by atoms with van der Waals surface area (Å²) in [6.07, 6.45) is 1.59. The second-order valence-electron chi connectivity index (χ2n) is 4.21. The molecule has 0 aliphatic rings. The smallest absolute Gasteiger partial charge is 0.257 e. The number of nitrogens with zero attached hydrogens (tertiary/aromatic N) is 2. The number of nitrogens with one attached hydrogen (secondary N) is 1. The molecule has 0 saturated heterocycles. The number of hydrogen-bond acceptors (Lipinski definition) is 2. The number of carbonyl (C=O) groups excluding carboxylic acids is 1. The van der Waals surface area contributed by atoms with Crippen molar-refractivity contribution >= 4 is 5.91 Å². The molecule has 1 aromatic carbocycles. The van der Waals surface area contributed by atoms with E-state index < -0.39 is 0 Å². The zero-order chi connectivity index (χ0) is 13.0. The van der Waals surface area contributed by atoms with Crippen LogP contribution < -0.4 is 0 Å². The van der Waals surface area contributed by atoms with Crippen LogP contribution in [0.4, 0.5) is 0 Å². The van der Waals surface area contributed by atoms with Gasteiger partial charge in [0.25, 0.3) is 5.91 Å². The van der Waals surface area contributed by atoms with E-state index in [-0.39, 0.29) is 5.91 Å². The molecule has 1 amide bonds. The van der Waals surface area contributed by atoms with Gasteiger partial charge in [0.05, 0.1) is 11.8 Å². The molecule has 94 valence electrons. The quantitative estimate of drug-likeness (QED) is 0.896. The van der Waals surface area contributed by atoms with Crippen molar-refractivity contribution < 1.29 is 4.79 Å². The van der Waals surface area contributed by atoms with E-state index in [1.165, 1.54) is 0 Å². The lowest BCUT2D eigenvalue weighted by Crippen LogP contribution is -2.30. The summed E-state index contributed by atoms with van der Waals surface area (Å²) in [5.41, 5.74) is 2.59. The van der Waals surface area contributed by atoms with Crippen LogP contribution in [0.2, 0.25) is 0 Å². The fourth-order valence-electron chi connectivity index (χ4n) is 1.87. The highest BCUT2D eigenvalue weighted by Gasteiger charge is 2.17. The Morgan fingerprint density at radius 3 is 2.61 bits per heavy atom. The molecule has 2 rings (SSSR count). The third-order valence-electron chi connectivity index (χ3n) is 2.95. The van der Waals surface area contributed by atoms with Crippen molar-refractivity contribution in [3.8, 4) is 0 Å². The Labute approximate surface area is 107 Å². The van der Waals surface area contributed by atoms with Gasteiger partial charge in [-0.15, -0.1) is 0 Å². The lowest BCUT2D eigenvalue weighted by atomic mass is 10.2. The Morgan fingerprint density at radius 2 is 2.06 bits per heavy atom. The van der Waals surface area contributed by atoms with Gasteiger partial charge in [-0.2, -0.15) is 5.10 Å². The van der Waals surface area contributed by atoms with E-state index in [1.54, 1.807) is 6.20 Å². The molecule has 0 bridgehead atoms. The minimum Gasteiger partial charge on any atom is -0.334 e. The number of amides is 1. The Hall–Kier alpha value is -2.10. The Morgan fingerprint density at radius 1 is 1.33 bits per heavy atom. The first-order chi connectivity index (χ1) is 8.72. The summed E-state index contributed by atoms with van der Waals surface area (Å²) in [6.45, 7) is 5.14. The molecule has 1 N–H and O–H groups in total. The van der Waals surface area contributed by atoms with E-state index in [2.05, 4.69) is 10.2 Å². The van der Waals surface area contributed by atoms with Crippen molar-refractivity contribution in [2.45, 2.75) is 20.4 Å². The molecule has 18 heavy (non-hydrogen) atoms. The summed E-state index contributed by atoms with van der Waals surface area (Å²) in [4.78, 5) is 14.1. The van der Waals surface area contributed by atoms with E-state index >= 15 is 0 Å². The molecule has 4 heteroatoms. The first-order valence-electron chi connectivity index (χ1n) is 6.05. The fourth-order valence-corrected chi connectivity index (χ4v) is 1.87. The molecular weight excluding hydrogens is 226 g/mol. The van der Waals surface area contributed by atoms with Gasteiger partial charge >= 0.3 is 0 Å². The largest absolute Gasteiger partial charge is 0.334 e. The van der Waals surface area contributed by atoms with Crippen molar-refractivity contribution in [1.29, 1.82) is 0 Å². The second-order valence-corrected chi connectivity index (χ2v) is 4.21. The van der Waals surface area contributed by atoms with Gasteiger partial charge in [-0.3, -0.25) is 9.89 Å². The minimum absolute atomic E-state index is 0.0209. The van der Waals surface area contributed by atoms with Gasteiger partial charge in [0, 0.05) is 18.8 Å². The van der Waals surface area contributed by atoms with Crippen LogP contribution in [0.5, 0.6) is 0 Å². The fraction of sp³-hybridized carbons (Fsp3) is 0.286. The Balaban J connectivity index is 2.15. The van der Waals surface area contributed by atoms with Crippen molar-refractivity contribution in [3.05, 3.63) is 53.3 Å². The number of aromatic nitrogens is 2. The molecule has 0 saturated carbocycles. The van der Waals surface area contributed by atoms with Gasteiger partial charge < -0.3 is 4.90 Å². The summed E-state index contributed by atoms with van der Waals surface area (Å²) < 4.78 is 0. The van der Waals surface area contributed by atoms with E-state index in [4.69, 9.17) is 0 Å². The van der Waals surface area contributed by atoms with E-state index in [0.717, 1.165) is 11.3 Å². The van der Waals surface area contributed by atoms with Crippen molar-refractivity contribution in [2.75, 3.05) is 6.54 Å². The topological polar surface area (TPSA) is 49.0 Å². The number of benzene rings is 1. The summed E-state index contributed by atoms with van der Waals surface area (Å²) >= 11 is 0. The molecule has 0 aliphatic heterocycles. The number of carbonyl (C=O) groups is 1. The standard InChI is InChI=1S/C14H17N3O/c1-3-17(10-12-7-5-4-6-8-12)14(18)13-9-15-16-11(13)2/h4-9H,3,10H2,1-2H3,(H,15,16). The van der Waals surface area contributed by atoms with Gasteiger partial charge in [-0.05, 0) is 19.4 Å². The highest BCUT2D eigenvalue weighted by molar-refractivity contribution is 5.94. The molecule has 0 radical (unpaired) electrons. The lowest BCUT2D eigenvalue weighted by molar-refractivity contribution is 0.0752. The van der Waals surface area contributed by atoms with Gasteiger partial charge in [0.15, 0.2) is 0 Å². The first-order valence-corrected chi connectivity index (χ1v) is 6.05. The SMILES string of the molecule is CCN(Cc1ccccc1)C(=O)c1cn[nH]c1C. The number of aromatic amines is 1. The zero-order valence-corrected chi connectivity index (χ0v) is 10.7. The van der Waals surface area contributed by atoms with Gasteiger partial charge in [0.1, 0.15) is 0 Å². The highest BCUT2D eigenvalue weighted by atomic mass is 16.2. The molecule has 2 aromatic rings. The first kappa shape index (κ1) is 12.4. The van der Waals surface area contributed by atoms with E-state index in [0.29, 0.717) is 18.7 Å². The minimum atomic E-state index is 0.0209. The van der Waals surface area contributed by atoms with Gasteiger partial charge in [0.2, 0.25) is 0 Å². The third-order valence-corrected chi connectivity index (χ3v) is 2.95. The predicted molar refractivity (Wildman–Crippen MR) is 70.2 cm³/mol. The maximum absolute atomic E-state index is 12.3. The maximum atomic E-state index is 12.3. The Kier molecular flexibility index (Phi) is 3.77. The number of aryl methyl sites for hydroxylation is 1. The number of rotatable bonds is 4. The van der Waals surface area contributed by atoms with Gasteiger partial charge in [-0.1, -0.05) is 30.3 Å². The van der Waals surface area contributed by atoms with Crippen LogP contribution in [0.15, 0.2) is 36.5 Å². The molecule has 1 aromatic heterocycles. The molecule has 0 aliphatic carbocycles. The Bertz CT molecular complexity index is 519. The van der Waals surface area contributed by atoms with E-state index in [1.807, 2.05) is 49.1 Å². The monoisotopic (exact) mass is 243 g/mol. The second kappa shape index (κ2) is 5.49. The molecule has 4 nitrogen and oxygen atoms in total. The lowest BCUT2D eigenvalue weighted by Gasteiger charge is -2.20. The molecule has 1 heterocycles. The number of hydrogen-bond donors (Lipinski definition) is 1. The number of H-pyrrole nitrogens is 1. The van der Waals surface area contributed by atoms with Crippen molar-refractivity contribution in [2.24, 2.45) is 0 Å². The highest BCUT2D eigenvalue weighted by Crippen LogP contribution is 2.11. The molecule has 0 fully saturated rings. The maximum Gasteiger partial charge on any atom is 0.257 e. The van der Waals surface area contributed by atoms with Crippen LogP contribution in [0, 0.1) is 6.92 Å². The van der Waals surface area contributed by atoms with Crippen molar-refractivity contribution in [3.63, 3.8) is 0 Å². The van der Waals surface area contributed by atoms with Crippen LogP contribution in [-0.2, 0) is 6.54 Å². The average Bonchev–Trinajstić information content (AvgIpc) is 2.82. The summed E-state index contributed by atoms with van der Waals surface area (Å²) in [5, 5.41) is 6.69. The zero-order valence-electron chi connectivity index (χ0n) is 10.7. The van der Waals surface area contributed by atoms with Crippen LogP contribution in [0.25, 0.3) is 0 Å². The van der Waals surface area contributed by atoms with Gasteiger partial charge in [-0.25, -0.2) is 0 Å². The third kappa shape index (κ3) is 2.59. The summed E-state index contributed by atoms with van der Waals surface area (Å²) in [7, 11) is 0. The molecule has 0 unspecified atom stereocenters. The van der Waals surface area contributed by atoms with Crippen LogP contribution in [0.3, 0.4) is 0 Å². The summed E-state index contributed by atoms with van der Waals surface area (Å²) in [6, 6.07) is 9.99. The molecule has 0 spiro atoms. The molecular formula is C14H17N3O. The van der Waals surface area contributed by atoms with Crippen LogP contribution in [-0.4, -0.2) is 27.5 Å². The molecule has 0 atom stereocenters. The predicted octanol–water partition coefficient (Wildman–Crippen LogP) is 2.38. The van der Waals surface area contributed by atoms with Crippen molar-refractivity contribution in [1.82, 2.24) is 15.1 Å². The summed E-state index contributed by atoms with van der Waals surface area (Å²) in [5.74, 6) is 0.0209. The van der Waals surface area contributed by atoms with Crippen LogP contribution >= 0.6 is 0 Å².